The van der Waals surface area contributed by atoms with Crippen molar-refractivity contribution in [2.75, 3.05) is 0 Å². The number of carboxylic acids is 1. The van der Waals surface area contributed by atoms with Crippen molar-refractivity contribution in [2.45, 2.75) is 44.7 Å². The van der Waals surface area contributed by atoms with Crippen molar-refractivity contribution in [1.29, 1.82) is 0 Å². The van der Waals surface area contributed by atoms with Crippen molar-refractivity contribution in [3.8, 4) is 0 Å². The molecule has 0 aliphatic carbocycles. The van der Waals surface area contributed by atoms with Gasteiger partial charge in [-0.1, -0.05) is 0 Å². The van der Waals surface area contributed by atoms with Gasteiger partial charge in [0.05, 0.1) is 5.92 Å². The van der Waals surface area contributed by atoms with E-state index in [1.54, 1.807) is 6.92 Å². The van der Waals surface area contributed by atoms with Crippen LogP contribution in [0.15, 0.2) is 0 Å². The molecule has 78 valence electrons. The van der Waals surface area contributed by atoms with Crippen LogP contribution in [0.4, 0.5) is 0 Å². The predicted octanol–water partition coefficient (Wildman–Crippen LogP) is 0.861. The second kappa shape index (κ2) is 3.26. The molecule has 2 aliphatic rings. The first-order chi connectivity index (χ1) is 6.59. The molecule has 2 saturated heterocycles. The highest BCUT2D eigenvalue weighted by molar-refractivity contribution is 5.76. The Morgan fingerprint density at radius 3 is 2.07 bits per heavy atom. The molecular formula is C10H15NO3. The van der Waals surface area contributed by atoms with Gasteiger partial charge in [-0.25, -0.2) is 0 Å². The third kappa shape index (κ3) is 1.38. The fourth-order valence-electron chi connectivity index (χ4n) is 2.89. The van der Waals surface area contributed by atoms with E-state index >= 15 is 0 Å². The summed E-state index contributed by atoms with van der Waals surface area (Å²) >= 11 is 0. The molecule has 4 heteroatoms. The van der Waals surface area contributed by atoms with Crippen molar-refractivity contribution in [3.63, 3.8) is 0 Å². The zero-order chi connectivity index (χ0) is 10.3. The number of aliphatic carboxylic acids is 1. The van der Waals surface area contributed by atoms with Gasteiger partial charge < -0.3 is 10.0 Å². The van der Waals surface area contributed by atoms with E-state index in [1.807, 2.05) is 4.90 Å². The van der Waals surface area contributed by atoms with Crippen LogP contribution in [0, 0.1) is 5.92 Å². The molecule has 2 aliphatic heterocycles. The molecule has 0 spiro atoms. The van der Waals surface area contributed by atoms with Crippen LogP contribution in [0.5, 0.6) is 0 Å². The molecular weight excluding hydrogens is 182 g/mol. The summed E-state index contributed by atoms with van der Waals surface area (Å²) in [6.45, 7) is 1.58. The molecule has 0 aromatic heterocycles. The van der Waals surface area contributed by atoms with Gasteiger partial charge in [0, 0.05) is 19.0 Å². The number of carbonyl (C=O) groups excluding carboxylic acids is 1. The molecule has 0 aromatic rings. The van der Waals surface area contributed by atoms with Crippen LogP contribution in [0.2, 0.25) is 0 Å². The molecule has 4 nitrogen and oxygen atoms in total. The topological polar surface area (TPSA) is 57.6 Å². The molecule has 14 heavy (non-hydrogen) atoms. The molecule has 1 N–H and O–H groups in total. The number of carbonyl (C=O) groups is 2. The van der Waals surface area contributed by atoms with Gasteiger partial charge in [0.2, 0.25) is 5.91 Å². The third-order valence-corrected chi connectivity index (χ3v) is 3.45. The Bertz CT molecular complexity index is 263. The normalized spacial score (nSPS) is 35.8. The summed E-state index contributed by atoms with van der Waals surface area (Å²) < 4.78 is 0. The maximum Gasteiger partial charge on any atom is 0.306 e. The Balaban J connectivity index is 2.12. The van der Waals surface area contributed by atoms with E-state index < -0.39 is 5.97 Å². The Morgan fingerprint density at radius 1 is 1.21 bits per heavy atom. The highest BCUT2D eigenvalue weighted by Gasteiger charge is 2.43. The van der Waals surface area contributed by atoms with E-state index in [2.05, 4.69) is 0 Å². The summed E-state index contributed by atoms with van der Waals surface area (Å²) in [6, 6.07) is 0.375. The van der Waals surface area contributed by atoms with E-state index in [0.717, 1.165) is 12.8 Å². The van der Waals surface area contributed by atoms with Crippen molar-refractivity contribution in [2.24, 2.45) is 5.92 Å². The maximum atomic E-state index is 11.3. The molecule has 0 radical (unpaired) electrons. The highest BCUT2D eigenvalue weighted by Crippen LogP contribution is 2.38. The number of rotatable bonds is 1. The minimum absolute atomic E-state index is 0.0985. The average molecular weight is 197 g/mol. The number of hydrogen-bond acceptors (Lipinski definition) is 2. The van der Waals surface area contributed by atoms with Crippen LogP contribution in [0.3, 0.4) is 0 Å². The molecule has 1 unspecified atom stereocenters. The van der Waals surface area contributed by atoms with Crippen molar-refractivity contribution in [1.82, 2.24) is 4.90 Å². The third-order valence-electron chi connectivity index (χ3n) is 3.45. The summed E-state index contributed by atoms with van der Waals surface area (Å²) in [4.78, 5) is 24.0. The van der Waals surface area contributed by atoms with Gasteiger partial charge >= 0.3 is 5.97 Å². The van der Waals surface area contributed by atoms with Crippen LogP contribution in [0.1, 0.15) is 32.6 Å². The number of piperidine rings is 1. The van der Waals surface area contributed by atoms with Gasteiger partial charge in [-0.15, -0.1) is 0 Å². The summed E-state index contributed by atoms with van der Waals surface area (Å²) in [5.74, 6) is -0.838. The SMILES string of the molecule is CC(=O)N1[C@@H]2CC[C@H]1CC(C(=O)O)C2. The zero-order valence-corrected chi connectivity index (χ0v) is 8.27. The summed E-state index contributed by atoms with van der Waals surface area (Å²) in [7, 11) is 0. The lowest BCUT2D eigenvalue weighted by molar-refractivity contribution is -0.147. The van der Waals surface area contributed by atoms with Gasteiger partial charge in [0.15, 0.2) is 0 Å². The van der Waals surface area contributed by atoms with Crippen LogP contribution in [0.25, 0.3) is 0 Å². The van der Waals surface area contributed by atoms with Crippen LogP contribution in [-0.2, 0) is 9.59 Å². The lowest BCUT2D eigenvalue weighted by Gasteiger charge is -2.36. The molecule has 2 rings (SSSR count). The highest BCUT2D eigenvalue weighted by atomic mass is 16.4. The van der Waals surface area contributed by atoms with E-state index in [4.69, 9.17) is 5.11 Å². The van der Waals surface area contributed by atoms with Crippen molar-refractivity contribution >= 4 is 11.9 Å². The Morgan fingerprint density at radius 2 is 1.71 bits per heavy atom. The minimum Gasteiger partial charge on any atom is -0.481 e. The summed E-state index contributed by atoms with van der Waals surface area (Å²) in [6.07, 6.45) is 3.25. The Labute approximate surface area is 82.9 Å². The van der Waals surface area contributed by atoms with Crippen LogP contribution in [-0.4, -0.2) is 34.0 Å². The van der Waals surface area contributed by atoms with Gasteiger partial charge in [0.1, 0.15) is 0 Å². The first-order valence-electron chi connectivity index (χ1n) is 5.11. The fraction of sp³-hybridized carbons (Fsp3) is 0.800. The zero-order valence-electron chi connectivity index (χ0n) is 8.27. The quantitative estimate of drug-likeness (QED) is 0.678. The van der Waals surface area contributed by atoms with Gasteiger partial charge in [-0.3, -0.25) is 9.59 Å². The molecule has 3 atom stereocenters. The Hall–Kier alpha value is -1.06. The predicted molar refractivity (Wildman–Crippen MR) is 49.7 cm³/mol. The molecule has 2 bridgehead atoms. The summed E-state index contributed by atoms with van der Waals surface area (Å²) in [5, 5.41) is 8.92. The lowest BCUT2D eigenvalue weighted by Crippen LogP contribution is -2.46. The van der Waals surface area contributed by atoms with E-state index in [9.17, 15) is 9.59 Å². The first-order valence-corrected chi connectivity index (χ1v) is 5.11. The van der Waals surface area contributed by atoms with Crippen molar-refractivity contribution in [3.05, 3.63) is 0 Å². The summed E-state index contributed by atoms with van der Waals surface area (Å²) in [5.41, 5.74) is 0. The van der Waals surface area contributed by atoms with Gasteiger partial charge in [0.25, 0.3) is 0 Å². The largest absolute Gasteiger partial charge is 0.481 e. The van der Waals surface area contributed by atoms with Crippen molar-refractivity contribution < 1.29 is 14.7 Å². The number of hydrogen-bond donors (Lipinski definition) is 1. The standard InChI is InChI=1S/C10H15NO3/c1-6(12)11-8-2-3-9(11)5-7(4-8)10(13)14/h7-9H,2-5H2,1H3,(H,13,14)/t7?,8-,9+. The lowest BCUT2D eigenvalue weighted by atomic mass is 9.91. The van der Waals surface area contributed by atoms with E-state index in [0.29, 0.717) is 12.8 Å². The van der Waals surface area contributed by atoms with E-state index in [1.165, 1.54) is 0 Å². The smallest absolute Gasteiger partial charge is 0.306 e. The average Bonchev–Trinajstić information content (AvgIpc) is 2.37. The first kappa shape index (κ1) is 9.49. The minimum atomic E-state index is -0.704. The molecule has 2 fully saturated rings. The van der Waals surface area contributed by atoms with E-state index in [-0.39, 0.29) is 23.9 Å². The molecule has 0 saturated carbocycles. The fourth-order valence-corrected chi connectivity index (χ4v) is 2.89. The number of carboxylic acid groups (broad SMARTS) is 1. The number of nitrogens with zero attached hydrogens (tertiary/aromatic N) is 1. The monoisotopic (exact) mass is 197 g/mol. The second-order valence-electron chi connectivity index (χ2n) is 4.32. The number of amides is 1. The van der Waals surface area contributed by atoms with Gasteiger partial charge in [-0.2, -0.15) is 0 Å². The van der Waals surface area contributed by atoms with Crippen LogP contribution < -0.4 is 0 Å². The van der Waals surface area contributed by atoms with Crippen LogP contribution >= 0.6 is 0 Å². The maximum absolute atomic E-state index is 11.3. The molecule has 2 heterocycles. The second-order valence-corrected chi connectivity index (χ2v) is 4.32. The molecule has 1 amide bonds. The van der Waals surface area contributed by atoms with Gasteiger partial charge in [-0.05, 0) is 25.7 Å². The Kier molecular flexibility index (Phi) is 2.21. The molecule has 0 aromatic carbocycles. The number of fused-ring (bicyclic) bond motifs is 2.